The second kappa shape index (κ2) is 14.2. The predicted octanol–water partition coefficient (Wildman–Crippen LogP) is 11.8. The van der Waals surface area contributed by atoms with Crippen molar-refractivity contribution in [3.05, 3.63) is 206 Å². The van der Waals surface area contributed by atoms with Crippen molar-refractivity contribution in [2.24, 2.45) is 0 Å². The molecular formula is C55H43N2P2+. The molecule has 1 aliphatic heterocycles. The first-order valence-corrected chi connectivity index (χ1v) is 23.9. The molecule has 2 unspecified atom stereocenters. The minimum absolute atomic E-state index is 1.09. The van der Waals surface area contributed by atoms with Crippen molar-refractivity contribution < 1.29 is 0 Å². The van der Waals surface area contributed by atoms with E-state index in [1.165, 1.54) is 97.7 Å². The molecule has 11 rings (SSSR count). The van der Waals surface area contributed by atoms with Crippen LogP contribution in [0, 0.1) is 0 Å². The van der Waals surface area contributed by atoms with Gasteiger partial charge in [-0.25, -0.2) is 0 Å². The predicted molar refractivity (Wildman–Crippen MR) is 262 cm³/mol. The Morgan fingerprint density at radius 3 is 1.51 bits per heavy atom. The molecule has 0 aromatic heterocycles. The molecule has 2 nitrogen and oxygen atoms in total. The van der Waals surface area contributed by atoms with E-state index in [1.54, 1.807) is 0 Å². The molecule has 0 spiro atoms. The van der Waals surface area contributed by atoms with E-state index in [0.717, 1.165) is 0 Å². The number of anilines is 4. The maximum Gasteiger partial charge on any atom is 0.128 e. The monoisotopic (exact) mass is 793 g/mol. The van der Waals surface area contributed by atoms with Crippen LogP contribution in [-0.2, 0) is 0 Å². The Morgan fingerprint density at radius 1 is 0.373 bits per heavy atom. The van der Waals surface area contributed by atoms with Crippen molar-refractivity contribution in [1.82, 2.24) is 0 Å². The molecule has 282 valence electrons. The highest BCUT2D eigenvalue weighted by Crippen LogP contribution is 2.58. The summed E-state index contributed by atoms with van der Waals surface area (Å²) in [5.41, 5.74) is 5.00. The van der Waals surface area contributed by atoms with Gasteiger partial charge in [-0.05, 0) is 88.0 Å². The van der Waals surface area contributed by atoms with Crippen LogP contribution in [0.4, 0.5) is 22.7 Å². The molecular weight excluding hydrogens is 751 g/mol. The van der Waals surface area contributed by atoms with Gasteiger partial charge in [0.2, 0.25) is 0 Å². The Labute approximate surface area is 348 Å². The molecule has 0 radical (unpaired) electrons. The third-order valence-electron chi connectivity index (χ3n) is 12.6. The molecule has 0 saturated heterocycles. The zero-order valence-corrected chi connectivity index (χ0v) is 35.2. The van der Waals surface area contributed by atoms with Crippen LogP contribution in [0.3, 0.4) is 0 Å². The summed E-state index contributed by atoms with van der Waals surface area (Å²) in [7, 11) is 1.15. The molecule has 10 aromatic carbocycles. The lowest BCUT2D eigenvalue weighted by atomic mass is 10.0. The Balaban J connectivity index is 1.39. The van der Waals surface area contributed by atoms with E-state index in [9.17, 15) is 0 Å². The fourth-order valence-electron chi connectivity index (χ4n) is 9.60. The average molecular weight is 794 g/mol. The van der Waals surface area contributed by atoms with Crippen LogP contribution < -0.4 is 41.6 Å². The Morgan fingerprint density at radius 2 is 0.864 bits per heavy atom. The van der Waals surface area contributed by atoms with Crippen LogP contribution in [0.25, 0.3) is 43.1 Å². The molecule has 0 amide bonds. The van der Waals surface area contributed by atoms with E-state index in [4.69, 9.17) is 0 Å². The topological polar surface area (TPSA) is 6.48 Å². The highest BCUT2D eigenvalue weighted by molar-refractivity contribution is 7.95. The molecule has 59 heavy (non-hydrogen) atoms. The minimum atomic E-state index is -2.41. The highest BCUT2D eigenvalue weighted by Gasteiger charge is 2.47. The summed E-state index contributed by atoms with van der Waals surface area (Å²) in [6, 6.07) is 77.9. The van der Waals surface area contributed by atoms with Crippen LogP contribution in [-0.4, -0.2) is 20.8 Å². The van der Waals surface area contributed by atoms with Crippen molar-refractivity contribution in [2.75, 3.05) is 30.6 Å². The molecule has 0 bridgehead atoms. The van der Waals surface area contributed by atoms with E-state index in [-0.39, 0.29) is 0 Å². The third-order valence-corrected chi connectivity index (χ3v) is 19.0. The number of rotatable bonds is 2. The van der Waals surface area contributed by atoms with Crippen LogP contribution in [0.1, 0.15) is 0 Å². The van der Waals surface area contributed by atoms with Gasteiger partial charge in [-0.1, -0.05) is 164 Å². The summed E-state index contributed by atoms with van der Waals surface area (Å²) in [5.74, 6) is 0. The van der Waals surface area contributed by atoms with Gasteiger partial charge in [-0.3, -0.25) is 0 Å². The van der Waals surface area contributed by atoms with Crippen molar-refractivity contribution in [1.29, 1.82) is 0 Å². The fourth-order valence-corrected chi connectivity index (χ4v) is 16.0. The molecule has 0 N–H and O–H groups in total. The SMILES string of the molecule is CN1c2cc3ccccc3cc2P(c2ccccc2)c2ccc3ccccc3c2N(C)c2c(ccc3ccccc23)[P+](C)(c2ccccc2)c2cc3ccccc3cc21. The standard InChI is InChI=1S/C55H43N2P2/c1-56-48-34-40-20-10-12-22-42(40)36-51(48)58(44-24-6-4-7-25-44)50-32-30-38-18-14-16-28-46(38)54(50)57(2)55-47-29-17-15-19-39(47)31-33-52(55)59(3,45-26-8-5-9-27-45)53-37-43-23-13-11-21-41(43)35-49(53)56/h4-37H,1-3H3/q+1. The van der Waals surface area contributed by atoms with Crippen molar-refractivity contribution in [3.63, 3.8) is 0 Å². The van der Waals surface area contributed by atoms with Crippen LogP contribution in [0.15, 0.2) is 206 Å². The van der Waals surface area contributed by atoms with Crippen LogP contribution in [0.5, 0.6) is 0 Å². The number of fused-ring (bicyclic) bond motifs is 10. The van der Waals surface area contributed by atoms with Gasteiger partial charge in [0.1, 0.15) is 23.2 Å². The lowest BCUT2D eigenvalue weighted by Gasteiger charge is -2.37. The molecule has 0 saturated carbocycles. The summed E-state index contributed by atoms with van der Waals surface area (Å²) in [6.07, 6.45) is 0. The zero-order valence-electron chi connectivity index (χ0n) is 33.4. The minimum Gasteiger partial charge on any atom is -0.341 e. The van der Waals surface area contributed by atoms with Gasteiger partial charge in [0, 0.05) is 41.2 Å². The van der Waals surface area contributed by atoms with Crippen LogP contribution in [0.2, 0.25) is 0 Å². The molecule has 0 aliphatic carbocycles. The number of benzene rings is 10. The second-order valence-corrected chi connectivity index (χ2v) is 21.5. The number of hydrogen-bond donors (Lipinski definition) is 0. The Bertz CT molecular complexity index is 3240. The fraction of sp³-hybridized carbons (Fsp3) is 0.0545. The van der Waals surface area contributed by atoms with Crippen molar-refractivity contribution in [2.45, 2.75) is 0 Å². The first-order valence-electron chi connectivity index (χ1n) is 20.3. The maximum absolute atomic E-state index is 2.58. The van der Waals surface area contributed by atoms with Crippen molar-refractivity contribution in [3.8, 4) is 0 Å². The summed E-state index contributed by atoms with van der Waals surface area (Å²) >= 11 is 0. The quantitative estimate of drug-likeness (QED) is 0.161. The van der Waals surface area contributed by atoms with Gasteiger partial charge in [0.25, 0.3) is 0 Å². The lowest BCUT2D eigenvalue weighted by Crippen LogP contribution is -2.38. The van der Waals surface area contributed by atoms with Crippen LogP contribution >= 0.6 is 15.2 Å². The second-order valence-electron chi connectivity index (χ2n) is 15.8. The number of nitrogens with zero attached hydrogens (tertiary/aromatic N) is 2. The summed E-state index contributed by atoms with van der Waals surface area (Å²) in [6.45, 7) is 2.57. The van der Waals surface area contributed by atoms with Gasteiger partial charge < -0.3 is 9.80 Å². The van der Waals surface area contributed by atoms with Gasteiger partial charge in [0.05, 0.1) is 23.7 Å². The zero-order chi connectivity index (χ0) is 39.7. The summed E-state index contributed by atoms with van der Waals surface area (Å²) in [4.78, 5) is 5.12. The Hall–Kier alpha value is -6.30. The molecule has 10 aromatic rings. The van der Waals surface area contributed by atoms with Gasteiger partial charge in [0.15, 0.2) is 0 Å². The largest absolute Gasteiger partial charge is 0.341 e. The van der Waals surface area contributed by atoms with E-state index >= 15 is 0 Å². The van der Waals surface area contributed by atoms with Gasteiger partial charge in [-0.2, -0.15) is 0 Å². The van der Waals surface area contributed by atoms with Gasteiger partial charge in [-0.15, -0.1) is 0 Å². The normalized spacial score (nSPS) is 16.6. The van der Waals surface area contributed by atoms with E-state index in [1.807, 2.05) is 0 Å². The molecule has 2 atom stereocenters. The maximum atomic E-state index is 2.58. The molecule has 1 aliphatic rings. The lowest BCUT2D eigenvalue weighted by molar-refractivity contribution is 1.23. The first kappa shape index (κ1) is 35.8. The van der Waals surface area contributed by atoms with E-state index in [0.29, 0.717) is 0 Å². The smallest absolute Gasteiger partial charge is 0.128 e. The van der Waals surface area contributed by atoms with Gasteiger partial charge >= 0.3 is 0 Å². The molecule has 0 fully saturated rings. The average Bonchev–Trinajstić information content (AvgIpc) is 3.30. The van der Waals surface area contributed by atoms with E-state index < -0.39 is 15.2 Å². The highest BCUT2D eigenvalue weighted by atomic mass is 31.2. The summed E-state index contributed by atoms with van der Waals surface area (Å²) in [5, 5.41) is 18.1. The first-order chi connectivity index (χ1) is 29.0. The third kappa shape index (κ3) is 5.70. The van der Waals surface area contributed by atoms with E-state index in [2.05, 4.69) is 237 Å². The Kier molecular flexibility index (Phi) is 8.63. The van der Waals surface area contributed by atoms with Crippen molar-refractivity contribution >= 4 is 113 Å². The number of hydrogen-bond acceptors (Lipinski definition) is 2. The summed E-state index contributed by atoms with van der Waals surface area (Å²) < 4.78 is 0. The molecule has 1 heterocycles. The molecule has 4 heteroatoms.